The first-order valence-corrected chi connectivity index (χ1v) is 8.78. The van der Waals surface area contributed by atoms with Crippen LogP contribution in [-0.2, 0) is 0 Å². The molecule has 1 aromatic carbocycles. The Hall–Kier alpha value is -0.910. The maximum atomic E-state index is 10.3. The molecule has 1 fully saturated rings. The van der Waals surface area contributed by atoms with E-state index in [0.717, 1.165) is 23.6 Å². The van der Waals surface area contributed by atoms with Gasteiger partial charge in [0.1, 0.15) is 0 Å². The fourth-order valence-electron chi connectivity index (χ4n) is 3.15. The number of thioether (sulfide) groups is 1. The molecule has 1 unspecified atom stereocenters. The van der Waals surface area contributed by atoms with Gasteiger partial charge in [0.05, 0.1) is 6.10 Å². The van der Waals surface area contributed by atoms with Crippen molar-refractivity contribution in [3.8, 4) is 11.5 Å². The highest BCUT2D eigenvalue weighted by atomic mass is 32.2. The van der Waals surface area contributed by atoms with Crippen LogP contribution in [0.1, 0.15) is 37.4 Å². The van der Waals surface area contributed by atoms with Gasteiger partial charge in [-0.25, -0.2) is 0 Å². The molecular weight excluding hydrogens is 286 g/mol. The minimum Gasteiger partial charge on any atom is -0.454 e. The number of aliphatic hydroxyl groups excluding tert-OH is 1. The van der Waals surface area contributed by atoms with E-state index in [2.05, 4.69) is 11.6 Å². The molecule has 0 saturated heterocycles. The molecule has 1 aromatic rings. The van der Waals surface area contributed by atoms with Crippen molar-refractivity contribution in [2.45, 2.75) is 36.5 Å². The second-order valence-electron chi connectivity index (χ2n) is 5.85. The number of fused-ring (bicyclic) bond motifs is 1. The molecule has 1 aliphatic heterocycles. The summed E-state index contributed by atoms with van der Waals surface area (Å²) in [6.45, 7) is 1.81. The first-order chi connectivity index (χ1) is 10.2. The van der Waals surface area contributed by atoms with Crippen molar-refractivity contribution in [2.24, 2.45) is 0 Å². The van der Waals surface area contributed by atoms with Crippen LogP contribution in [-0.4, -0.2) is 36.0 Å². The molecule has 0 amide bonds. The van der Waals surface area contributed by atoms with Crippen molar-refractivity contribution in [2.75, 3.05) is 26.1 Å². The van der Waals surface area contributed by atoms with Gasteiger partial charge in [-0.2, -0.15) is 11.8 Å². The van der Waals surface area contributed by atoms with Gasteiger partial charge in [-0.1, -0.05) is 18.9 Å². The van der Waals surface area contributed by atoms with Crippen molar-refractivity contribution in [3.63, 3.8) is 0 Å². The van der Waals surface area contributed by atoms with Crippen LogP contribution in [0.2, 0.25) is 0 Å². The van der Waals surface area contributed by atoms with Gasteiger partial charge in [-0.3, -0.25) is 0 Å². The van der Waals surface area contributed by atoms with Crippen LogP contribution >= 0.6 is 11.8 Å². The standard InChI is InChI=1S/C16H23NO3S/c1-21-16(6-2-3-7-16)10-17-9-13(18)12-4-5-14-15(8-12)20-11-19-14/h4-5,8,13,17-18H,2-3,6-7,9-11H2,1H3. The summed E-state index contributed by atoms with van der Waals surface area (Å²) in [5.74, 6) is 1.48. The summed E-state index contributed by atoms with van der Waals surface area (Å²) in [7, 11) is 0. The summed E-state index contributed by atoms with van der Waals surface area (Å²) in [6.07, 6.45) is 6.89. The maximum Gasteiger partial charge on any atom is 0.231 e. The zero-order valence-electron chi connectivity index (χ0n) is 12.4. The molecule has 1 heterocycles. The third-order valence-electron chi connectivity index (χ3n) is 4.51. The number of hydrogen-bond donors (Lipinski definition) is 2. The molecule has 0 spiro atoms. The second kappa shape index (κ2) is 6.46. The zero-order valence-corrected chi connectivity index (χ0v) is 13.2. The predicted molar refractivity (Wildman–Crippen MR) is 85.1 cm³/mol. The Morgan fingerprint density at radius 3 is 2.81 bits per heavy atom. The van der Waals surface area contributed by atoms with E-state index in [4.69, 9.17) is 9.47 Å². The number of ether oxygens (including phenoxy) is 2. The fourth-order valence-corrected chi connectivity index (χ4v) is 4.09. The molecule has 4 nitrogen and oxygen atoms in total. The zero-order chi connectivity index (χ0) is 14.7. The number of rotatable bonds is 6. The van der Waals surface area contributed by atoms with Gasteiger partial charge in [0.2, 0.25) is 6.79 Å². The maximum absolute atomic E-state index is 10.3. The van der Waals surface area contributed by atoms with E-state index in [1.165, 1.54) is 25.7 Å². The lowest BCUT2D eigenvalue weighted by atomic mass is 10.1. The molecule has 1 atom stereocenters. The van der Waals surface area contributed by atoms with Crippen molar-refractivity contribution >= 4 is 11.8 Å². The smallest absolute Gasteiger partial charge is 0.231 e. The van der Waals surface area contributed by atoms with Gasteiger partial charge in [0.25, 0.3) is 0 Å². The Morgan fingerprint density at radius 2 is 2.05 bits per heavy atom. The molecule has 0 radical (unpaired) electrons. The lowest BCUT2D eigenvalue weighted by Crippen LogP contribution is -2.37. The largest absolute Gasteiger partial charge is 0.454 e. The van der Waals surface area contributed by atoms with Crippen LogP contribution in [0.4, 0.5) is 0 Å². The van der Waals surface area contributed by atoms with Gasteiger partial charge >= 0.3 is 0 Å². The molecule has 1 saturated carbocycles. The van der Waals surface area contributed by atoms with E-state index in [9.17, 15) is 5.11 Å². The van der Waals surface area contributed by atoms with E-state index in [1.807, 2.05) is 30.0 Å². The first-order valence-electron chi connectivity index (χ1n) is 7.56. The Kier molecular flexibility index (Phi) is 4.62. The van der Waals surface area contributed by atoms with Gasteiger partial charge in [-0.05, 0) is 36.8 Å². The van der Waals surface area contributed by atoms with Crippen LogP contribution in [0.25, 0.3) is 0 Å². The lowest BCUT2D eigenvalue weighted by molar-refractivity contribution is 0.169. The van der Waals surface area contributed by atoms with Crippen LogP contribution in [0.3, 0.4) is 0 Å². The highest BCUT2D eigenvalue weighted by Crippen LogP contribution is 2.39. The average Bonchev–Trinajstić information content (AvgIpc) is 3.15. The highest BCUT2D eigenvalue weighted by molar-refractivity contribution is 8.00. The van der Waals surface area contributed by atoms with E-state index in [1.54, 1.807) is 0 Å². The van der Waals surface area contributed by atoms with Gasteiger partial charge < -0.3 is 19.9 Å². The normalized spacial score (nSPS) is 20.7. The Morgan fingerprint density at radius 1 is 1.29 bits per heavy atom. The highest BCUT2D eigenvalue weighted by Gasteiger charge is 2.32. The number of benzene rings is 1. The van der Waals surface area contributed by atoms with E-state index in [-0.39, 0.29) is 6.79 Å². The number of hydrogen-bond acceptors (Lipinski definition) is 5. The number of nitrogens with one attached hydrogen (secondary N) is 1. The van der Waals surface area contributed by atoms with Crippen molar-refractivity contribution < 1.29 is 14.6 Å². The van der Waals surface area contributed by atoms with E-state index < -0.39 is 6.10 Å². The third kappa shape index (κ3) is 3.30. The molecule has 2 N–H and O–H groups in total. The molecule has 3 rings (SSSR count). The summed E-state index contributed by atoms with van der Waals surface area (Å²) in [5.41, 5.74) is 0.872. The molecule has 0 bridgehead atoms. The Balaban J connectivity index is 1.53. The fraction of sp³-hybridized carbons (Fsp3) is 0.625. The summed E-state index contributed by atoms with van der Waals surface area (Å²) < 4.78 is 11.0. The summed E-state index contributed by atoms with van der Waals surface area (Å²) in [6, 6.07) is 5.63. The second-order valence-corrected chi connectivity index (χ2v) is 7.13. The van der Waals surface area contributed by atoms with Crippen LogP contribution in [0.15, 0.2) is 18.2 Å². The average molecular weight is 309 g/mol. The van der Waals surface area contributed by atoms with E-state index in [0.29, 0.717) is 11.3 Å². The Bertz CT molecular complexity index is 488. The summed E-state index contributed by atoms with van der Waals surface area (Å²) in [4.78, 5) is 0. The molecule has 1 aliphatic carbocycles. The molecule has 2 aliphatic rings. The van der Waals surface area contributed by atoms with Gasteiger partial charge in [-0.15, -0.1) is 0 Å². The van der Waals surface area contributed by atoms with Crippen LogP contribution in [0, 0.1) is 0 Å². The van der Waals surface area contributed by atoms with Crippen molar-refractivity contribution in [1.82, 2.24) is 5.32 Å². The molecule has 0 aromatic heterocycles. The minimum atomic E-state index is -0.514. The van der Waals surface area contributed by atoms with Crippen molar-refractivity contribution in [1.29, 1.82) is 0 Å². The van der Waals surface area contributed by atoms with Gasteiger partial charge in [0, 0.05) is 17.8 Å². The molecule has 5 heteroatoms. The topological polar surface area (TPSA) is 50.7 Å². The summed E-state index contributed by atoms with van der Waals surface area (Å²) >= 11 is 1.96. The number of aliphatic hydroxyl groups is 1. The predicted octanol–water partition coefficient (Wildman–Crippen LogP) is 2.71. The van der Waals surface area contributed by atoms with Crippen molar-refractivity contribution in [3.05, 3.63) is 23.8 Å². The lowest BCUT2D eigenvalue weighted by Gasteiger charge is -2.27. The molecular formula is C16H23NO3S. The van der Waals surface area contributed by atoms with E-state index >= 15 is 0 Å². The molecule has 116 valence electrons. The first kappa shape index (κ1) is 15.0. The Labute approximate surface area is 130 Å². The van der Waals surface area contributed by atoms with Crippen LogP contribution < -0.4 is 14.8 Å². The summed E-state index contributed by atoms with van der Waals surface area (Å²) in [5, 5.41) is 13.8. The quantitative estimate of drug-likeness (QED) is 0.846. The van der Waals surface area contributed by atoms with Crippen LogP contribution in [0.5, 0.6) is 11.5 Å². The SMILES string of the molecule is CSC1(CNCC(O)c2ccc3c(c2)OCO3)CCCC1. The van der Waals surface area contributed by atoms with Gasteiger partial charge in [0.15, 0.2) is 11.5 Å². The molecule has 21 heavy (non-hydrogen) atoms. The third-order valence-corrected chi connectivity index (χ3v) is 5.93. The minimum absolute atomic E-state index is 0.267. The monoisotopic (exact) mass is 309 g/mol.